The van der Waals surface area contributed by atoms with Crippen molar-refractivity contribution in [2.75, 3.05) is 5.32 Å². The highest BCUT2D eigenvalue weighted by Gasteiger charge is 2.38. The van der Waals surface area contributed by atoms with E-state index in [1.54, 1.807) is 0 Å². The van der Waals surface area contributed by atoms with E-state index < -0.39 is 0 Å². The van der Waals surface area contributed by atoms with Crippen molar-refractivity contribution in [3.63, 3.8) is 0 Å². The highest BCUT2D eigenvalue weighted by Crippen LogP contribution is 2.52. The second-order valence-electron chi connectivity index (χ2n) is 13.9. The van der Waals surface area contributed by atoms with Crippen molar-refractivity contribution in [1.82, 2.24) is 0 Å². The van der Waals surface area contributed by atoms with Crippen LogP contribution in [0.3, 0.4) is 0 Å². The average molecular weight is 584 g/mol. The molecule has 0 atom stereocenters. The van der Waals surface area contributed by atoms with E-state index in [-0.39, 0.29) is 10.8 Å². The number of rotatable bonds is 4. The van der Waals surface area contributed by atoms with Crippen LogP contribution >= 0.6 is 0 Å². The average Bonchev–Trinajstić information content (AvgIpc) is 3.53. The molecule has 1 heterocycles. The summed E-state index contributed by atoms with van der Waals surface area (Å²) in [5.74, 6) is 0. The van der Waals surface area contributed by atoms with Gasteiger partial charge >= 0.3 is 0 Å². The van der Waals surface area contributed by atoms with Gasteiger partial charge in [-0.25, -0.2) is 0 Å². The molecule has 220 valence electrons. The molecule has 0 unspecified atom stereocenters. The van der Waals surface area contributed by atoms with Crippen LogP contribution in [0.4, 0.5) is 11.4 Å². The summed E-state index contributed by atoms with van der Waals surface area (Å²) in [5.41, 5.74) is 15.9. The van der Waals surface area contributed by atoms with Crippen molar-refractivity contribution in [3.8, 4) is 33.4 Å². The van der Waals surface area contributed by atoms with Crippen LogP contribution < -0.4 is 5.32 Å². The topological polar surface area (TPSA) is 25.2 Å². The summed E-state index contributed by atoms with van der Waals surface area (Å²) in [4.78, 5) is 0. The van der Waals surface area contributed by atoms with Gasteiger partial charge in [-0.05, 0) is 98.0 Å². The number of fused-ring (bicyclic) bond motifs is 6. The van der Waals surface area contributed by atoms with Crippen molar-refractivity contribution >= 4 is 33.3 Å². The van der Waals surface area contributed by atoms with Gasteiger partial charge < -0.3 is 9.73 Å². The van der Waals surface area contributed by atoms with Gasteiger partial charge in [0.2, 0.25) is 0 Å². The van der Waals surface area contributed by atoms with E-state index in [0.29, 0.717) is 0 Å². The minimum Gasteiger partial charge on any atom is -0.456 e. The molecule has 1 aliphatic rings. The Bertz CT molecular complexity index is 2240. The lowest BCUT2D eigenvalue weighted by Gasteiger charge is -2.25. The van der Waals surface area contributed by atoms with Crippen LogP contribution in [0.25, 0.3) is 55.3 Å². The summed E-state index contributed by atoms with van der Waals surface area (Å²) in [7, 11) is 0. The van der Waals surface area contributed by atoms with Crippen LogP contribution in [0.5, 0.6) is 0 Å². The molecule has 2 nitrogen and oxygen atoms in total. The third-order valence-corrected chi connectivity index (χ3v) is 9.59. The third kappa shape index (κ3) is 4.47. The minimum atomic E-state index is -0.0490. The molecule has 0 fully saturated rings. The van der Waals surface area contributed by atoms with Gasteiger partial charge in [0.15, 0.2) is 0 Å². The Balaban J connectivity index is 1.09. The third-order valence-electron chi connectivity index (χ3n) is 9.59. The molecular weight excluding hydrogens is 546 g/mol. The molecule has 0 radical (unpaired) electrons. The molecule has 0 saturated heterocycles. The summed E-state index contributed by atoms with van der Waals surface area (Å²) < 4.78 is 6.12. The first-order valence-corrected chi connectivity index (χ1v) is 15.9. The number of nitrogens with one attached hydrogen (secondary N) is 1. The Hall–Kier alpha value is -5.08. The second-order valence-corrected chi connectivity index (χ2v) is 13.9. The molecule has 45 heavy (non-hydrogen) atoms. The zero-order valence-corrected chi connectivity index (χ0v) is 26.5. The number of hydrogen-bond acceptors (Lipinski definition) is 2. The zero-order valence-electron chi connectivity index (χ0n) is 26.5. The maximum absolute atomic E-state index is 6.12. The molecule has 2 heteroatoms. The van der Waals surface area contributed by atoms with Crippen LogP contribution in [0.2, 0.25) is 0 Å². The van der Waals surface area contributed by atoms with Crippen LogP contribution in [-0.2, 0) is 10.8 Å². The standard InChI is InChI=1S/C43H37NO/c1-42(2,3)35-15-10-16-36-41(35)33-24-21-29(26-37(33)43(36,4)5)28-11-8-12-31(25-28)44-30-22-19-27(20-23-30)32-14-9-18-39-40(32)34-13-6-7-17-38(34)45-39/h6-26,44H,1-5H3. The van der Waals surface area contributed by atoms with Crippen molar-refractivity contribution in [3.05, 3.63) is 144 Å². The van der Waals surface area contributed by atoms with E-state index in [1.807, 2.05) is 18.2 Å². The zero-order chi connectivity index (χ0) is 30.9. The van der Waals surface area contributed by atoms with Gasteiger partial charge in [-0.2, -0.15) is 0 Å². The van der Waals surface area contributed by atoms with Gasteiger partial charge in [-0.1, -0.05) is 120 Å². The Labute approximate surface area is 265 Å². The Kier molecular flexibility index (Phi) is 6.09. The highest BCUT2D eigenvalue weighted by atomic mass is 16.3. The largest absolute Gasteiger partial charge is 0.456 e. The number of hydrogen-bond donors (Lipinski definition) is 1. The van der Waals surface area contributed by atoms with Crippen molar-refractivity contribution < 1.29 is 4.42 Å². The molecule has 1 aromatic heterocycles. The van der Waals surface area contributed by atoms with E-state index in [0.717, 1.165) is 33.3 Å². The predicted molar refractivity (Wildman–Crippen MR) is 191 cm³/mol. The fraction of sp³-hybridized carbons (Fsp3) is 0.163. The van der Waals surface area contributed by atoms with Crippen LogP contribution in [0, 0.1) is 0 Å². The molecule has 7 aromatic rings. The SMILES string of the molecule is CC(C)(C)c1cccc2c1-c1ccc(-c3cccc(Nc4ccc(-c5cccc6oc7ccccc7c56)cc4)c3)cc1C2(C)C. The molecular formula is C43H37NO. The van der Waals surface area contributed by atoms with E-state index in [1.165, 1.54) is 50.1 Å². The van der Waals surface area contributed by atoms with E-state index in [9.17, 15) is 0 Å². The van der Waals surface area contributed by atoms with E-state index >= 15 is 0 Å². The first-order valence-electron chi connectivity index (χ1n) is 15.9. The summed E-state index contributed by atoms with van der Waals surface area (Å²) in [6, 6.07) is 45.9. The minimum absolute atomic E-state index is 0.0490. The van der Waals surface area contributed by atoms with Gasteiger partial charge in [0.1, 0.15) is 11.2 Å². The second kappa shape index (κ2) is 9.97. The summed E-state index contributed by atoms with van der Waals surface area (Å²) in [5, 5.41) is 5.96. The Morgan fingerprint density at radius 3 is 2.09 bits per heavy atom. The lowest BCUT2D eigenvalue weighted by Crippen LogP contribution is -2.17. The van der Waals surface area contributed by atoms with Gasteiger partial charge in [0.25, 0.3) is 0 Å². The van der Waals surface area contributed by atoms with Crippen molar-refractivity contribution in [2.45, 2.75) is 45.4 Å². The van der Waals surface area contributed by atoms with Gasteiger partial charge in [-0.15, -0.1) is 0 Å². The first kappa shape index (κ1) is 27.5. The van der Waals surface area contributed by atoms with E-state index in [2.05, 4.69) is 149 Å². The number of anilines is 2. The molecule has 6 aromatic carbocycles. The molecule has 0 spiro atoms. The summed E-state index contributed by atoms with van der Waals surface area (Å²) >= 11 is 0. The smallest absolute Gasteiger partial charge is 0.136 e. The summed E-state index contributed by atoms with van der Waals surface area (Å²) in [6.45, 7) is 11.7. The molecule has 0 aliphatic heterocycles. The first-order chi connectivity index (χ1) is 21.7. The molecule has 8 rings (SSSR count). The number of benzene rings is 6. The lowest BCUT2D eigenvalue weighted by atomic mass is 9.79. The molecule has 1 aliphatic carbocycles. The van der Waals surface area contributed by atoms with Crippen molar-refractivity contribution in [1.29, 1.82) is 0 Å². The molecule has 1 N–H and O–H groups in total. The fourth-order valence-electron chi connectivity index (χ4n) is 7.28. The van der Waals surface area contributed by atoms with Crippen molar-refractivity contribution in [2.24, 2.45) is 0 Å². The van der Waals surface area contributed by atoms with Gasteiger partial charge in [0, 0.05) is 27.6 Å². The molecule has 0 bridgehead atoms. The van der Waals surface area contributed by atoms with Crippen LogP contribution in [0.15, 0.2) is 132 Å². The highest BCUT2D eigenvalue weighted by molar-refractivity contribution is 6.12. The lowest BCUT2D eigenvalue weighted by molar-refractivity contribution is 0.589. The Morgan fingerprint density at radius 2 is 1.27 bits per heavy atom. The van der Waals surface area contributed by atoms with Crippen LogP contribution in [0.1, 0.15) is 51.3 Å². The monoisotopic (exact) mass is 583 g/mol. The number of furan rings is 1. The molecule has 0 saturated carbocycles. The fourth-order valence-corrected chi connectivity index (χ4v) is 7.28. The maximum atomic E-state index is 6.12. The number of para-hydroxylation sites is 1. The predicted octanol–water partition coefficient (Wildman–Crippen LogP) is 12.3. The normalized spacial score (nSPS) is 13.6. The van der Waals surface area contributed by atoms with Gasteiger partial charge in [-0.3, -0.25) is 0 Å². The Morgan fingerprint density at radius 1 is 0.556 bits per heavy atom. The summed E-state index contributed by atoms with van der Waals surface area (Å²) in [6.07, 6.45) is 0. The quantitative estimate of drug-likeness (QED) is 0.223. The van der Waals surface area contributed by atoms with E-state index in [4.69, 9.17) is 4.42 Å². The van der Waals surface area contributed by atoms with Gasteiger partial charge in [0.05, 0.1) is 0 Å². The molecule has 0 amide bonds. The maximum Gasteiger partial charge on any atom is 0.136 e. The van der Waals surface area contributed by atoms with Crippen LogP contribution in [-0.4, -0.2) is 0 Å².